The normalized spacial score (nSPS) is 13.5. The van der Waals surface area contributed by atoms with Gasteiger partial charge in [0.15, 0.2) is 6.10 Å². The zero-order chi connectivity index (χ0) is 44.9. The van der Waals surface area contributed by atoms with Crippen LogP contribution in [0.2, 0.25) is 0 Å². The summed E-state index contributed by atoms with van der Waals surface area (Å²) >= 11 is 0. The van der Waals surface area contributed by atoms with E-state index in [1.165, 1.54) is 186 Å². The van der Waals surface area contributed by atoms with E-state index in [9.17, 15) is 23.8 Å². The Bertz CT molecular complexity index is 1050. The van der Waals surface area contributed by atoms with Crippen molar-refractivity contribution in [1.29, 1.82) is 0 Å². The number of esters is 2. The third-order valence-corrected chi connectivity index (χ3v) is 12.6. The van der Waals surface area contributed by atoms with Crippen LogP contribution in [0.1, 0.15) is 264 Å². The van der Waals surface area contributed by atoms with Gasteiger partial charge in [0, 0.05) is 12.8 Å². The van der Waals surface area contributed by atoms with Crippen LogP contribution < -0.4 is 5.73 Å². The fraction of sp³-hybridized carbons (Fsp3) is 0.939. The van der Waals surface area contributed by atoms with Crippen molar-refractivity contribution >= 4 is 25.7 Å². The Morgan fingerprint density at radius 2 is 0.721 bits per heavy atom. The Balaban J connectivity index is 4.15. The molecule has 0 amide bonds. The summed E-state index contributed by atoms with van der Waals surface area (Å²) in [4.78, 5) is 46.1. The molecule has 3 atom stereocenters. The van der Waals surface area contributed by atoms with E-state index in [4.69, 9.17) is 24.8 Å². The maximum Gasteiger partial charge on any atom is 0.472 e. The van der Waals surface area contributed by atoms with Gasteiger partial charge in [0.25, 0.3) is 0 Å². The van der Waals surface area contributed by atoms with Crippen LogP contribution in [0, 0.1) is 0 Å². The molecule has 0 aromatic carbocycles. The van der Waals surface area contributed by atoms with Crippen molar-refractivity contribution in [2.24, 2.45) is 5.73 Å². The van der Waals surface area contributed by atoms with E-state index in [0.717, 1.165) is 38.5 Å². The number of ether oxygens (including phenoxy) is 2. The van der Waals surface area contributed by atoms with Crippen molar-refractivity contribution in [2.45, 2.75) is 276 Å². The van der Waals surface area contributed by atoms with E-state index < -0.39 is 51.1 Å². The highest BCUT2D eigenvalue weighted by molar-refractivity contribution is 7.47. The smallest absolute Gasteiger partial charge is 0.472 e. The second-order valence-electron chi connectivity index (χ2n) is 17.7. The Morgan fingerprint density at radius 3 is 1.03 bits per heavy atom. The van der Waals surface area contributed by atoms with E-state index in [1.54, 1.807) is 0 Å². The number of carboxylic acids is 1. The molecule has 4 N–H and O–H groups in total. The maximum absolute atomic E-state index is 12.7. The van der Waals surface area contributed by atoms with Gasteiger partial charge in [0.2, 0.25) is 0 Å². The molecule has 0 aromatic heterocycles. The lowest BCUT2D eigenvalue weighted by molar-refractivity contribution is -0.161. The third-order valence-electron chi connectivity index (χ3n) is 11.6. The molecule has 0 aliphatic heterocycles. The van der Waals surface area contributed by atoms with Crippen LogP contribution in [-0.4, -0.2) is 59.9 Å². The summed E-state index contributed by atoms with van der Waals surface area (Å²) in [6.07, 6.45) is 46.0. The Hall–Kier alpha value is -1.52. The van der Waals surface area contributed by atoms with Crippen LogP contribution in [0.3, 0.4) is 0 Å². The first-order valence-corrected chi connectivity index (χ1v) is 27.1. The van der Waals surface area contributed by atoms with Gasteiger partial charge in [-0.1, -0.05) is 239 Å². The first-order valence-electron chi connectivity index (χ1n) is 25.6. The van der Waals surface area contributed by atoms with Gasteiger partial charge in [0.1, 0.15) is 12.6 Å². The van der Waals surface area contributed by atoms with Crippen molar-refractivity contribution in [3.05, 3.63) is 0 Å². The van der Waals surface area contributed by atoms with E-state index in [-0.39, 0.29) is 19.4 Å². The number of unbranched alkanes of at least 4 members (excludes halogenated alkanes) is 35. The lowest BCUT2D eigenvalue weighted by atomic mass is 10.0. The minimum Gasteiger partial charge on any atom is -0.480 e. The molecule has 61 heavy (non-hydrogen) atoms. The van der Waals surface area contributed by atoms with Crippen molar-refractivity contribution < 1.29 is 47.5 Å². The van der Waals surface area contributed by atoms with Gasteiger partial charge in [-0.15, -0.1) is 0 Å². The monoisotopic (exact) mass is 890 g/mol. The molecule has 362 valence electrons. The molecule has 0 aliphatic rings. The first kappa shape index (κ1) is 59.5. The van der Waals surface area contributed by atoms with Gasteiger partial charge in [0.05, 0.1) is 13.2 Å². The quantitative estimate of drug-likeness (QED) is 0.0301. The van der Waals surface area contributed by atoms with Crippen molar-refractivity contribution in [3.63, 3.8) is 0 Å². The largest absolute Gasteiger partial charge is 0.480 e. The summed E-state index contributed by atoms with van der Waals surface area (Å²) in [6, 6.07) is -1.52. The zero-order valence-electron chi connectivity index (χ0n) is 39.5. The third kappa shape index (κ3) is 44.9. The lowest BCUT2D eigenvalue weighted by Crippen LogP contribution is -2.34. The SMILES string of the molecule is CCCCCCCCCCCCCCCCCCCCCCCCCC(=O)OC(COC(=O)CCCCCCCCCCCCCCCC)COP(=O)(O)OCC(N)C(=O)O. The van der Waals surface area contributed by atoms with Crippen molar-refractivity contribution in [2.75, 3.05) is 19.8 Å². The standard InChI is InChI=1S/C49H96NO10P/c1-3-5-7-9-11-13-15-17-19-20-21-22-23-24-25-26-27-29-31-33-35-37-39-41-48(52)60-45(43-58-61(55,56)59-44-46(50)49(53)54)42-57-47(51)40-38-36-34-32-30-28-18-16-14-12-10-8-6-4-2/h45-46H,3-44,50H2,1-2H3,(H,53,54)(H,55,56). The number of carbonyl (C=O) groups is 3. The Labute approximate surface area is 374 Å². The molecular weight excluding hydrogens is 794 g/mol. The minimum absolute atomic E-state index is 0.170. The number of carbonyl (C=O) groups excluding carboxylic acids is 2. The summed E-state index contributed by atoms with van der Waals surface area (Å²) in [6.45, 7) is 2.86. The van der Waals surface area contributed by atoms with Crippen molar-refractivity contribution in [1.82, 2.24) is 0 Å². The maximum atomic E-state index is 12.7. The van der Waals surface area contributed by atoms with E-state index >= 15 is 0 Å². The van der Waals surface area contributed by atoms with Crippen LogP contribution in [0.15, 0.2) is 0 Å². The molecule has 12 heteroatoms. The number of aliphatic carboxylic acids is 1. The summed E-state index contributed by atoms with van der Waals surface area (Å²) in [7, 11) is -4.71. The average Bonchev–Trinajstić information content (AvgIpc) is 3.24. The van der Waals surface area contributed by atoms with Crippen molar-refractivity contribution in [3.8, 4) is 0 Å². The van der Waals surface area contributed by atoms with Gasteiger partial charge < -0.3 is 25.2 Å². The molecule has 0 aliphatic carbocycles. The van der Waals surface area contributed by atoms with Crippen LogP contribution in [0.5, 0.6) is 0 Å². The molecular formula is C49H96NO10P. The summed E-state index contributed by atoms with van der Waals surface area (Å²) in [5.74, 6) is -2.35. The highest BCUT2D eigenvalue weighted by atomic mass is 31.2. The van der Waals surface area contributed by atoms with E-state index in [2.05, 4.69) is 18.4 Å². The average molecular weight is 890 g/mol. The number of phosphoric acid groups is 1. The zero-order valence-corrected chi connectivity index (χ0v) is 40.4. The Kier molecular flexibility index (Phi) is 43.9. The Morgan fingerprint density at radius 1 is 0.443 bits per heavy atom. The van der Waals surface area contributed by atoms with E-state index in [0.29, 0.717) is 12.8 Å². The molecule has 0 saturated heterocycles. The number of hydrogen-bond donors (Lipinski definition) is 3. The predicted molar refractivity (Wildman–Crippen MR) is 250 cm³/mol. The summed E-state index contributed by atoms with van der Waals surface area (Å²) in [5.41, 5.74) is 5.35. The van der Waals surface area contributed by atoms with Crippen LogP contribution >= 0.6 is 7.82 Å². The van der Waals surface area contributed by atoms with Gasteiger partial charge in [-0.25, -0.2) is 4.57 Å². The second kappa shape index (κ2) is 45.1. The molecule has 3 unspecified atom stereocenters. The van der Waals surface area contributed by atoms with Gasteiger partial charge in [-0.3, -0.25) is 23.4 Å². The van der Waals surface area contributed by atoms with Crippen LogP contribution in [0.25, 0.3) is 0 Å². The number of carboxylic acid groups (broad SMARTS) is 1. The first-order chi connectivity index (χ1) is 29.6. The van der Waals surface area contributed by atoms with Gasteiger partial charge in [-0.2, -0.15) is 0 Å². The van der Waals surface area contributed by atoms with E-state index in [1.807, 2.05) is 0 Å². The molecule has 11 nitrogen and oxygen atoms in total. The summed E-state index contributed by atoms with van der Waals surface area (Å²) in [5, 5.41) is 8.91. The number of phosphoric ester groups is 1. The molecule has 0 aromatic rings. The summed E-state index contributed by atoms with van der Waals surface area (Å²) < 4.78 is 32.8. The van der Waals surface area contributed by atoms with Gasteiger partial charge in [-0.05, 0) is 12.8 Å². The fourth-order valence-electron chi connectivity index (χ4n) is 7.60. The van der Waals surface area contributed by atoms with Gasteiger partial charge >= 0.3 is 25.7 Å². The highest BCUT2D eigenvalue weighted by Gasteiger charge is 2.28. The van der Waals surface area contributed by atoms with Crippen LogP contribution in [0.4, 0.5) is 0 Å². The van der Waals surface area contributed by atoms with Crippen LogP contribution in [-0.2, 0) is 37.5 Å². The number of rotatable bonds is 49. The number of nitrogens with two attached hydrogens (primary N) is 1. The molecule has 0 heterocycles. The fourth-order valence-corrected chi connectivity index (χ4v) is 8.38. The highest BCUT2D eigenvalue weighted by Crippen LogP contribution is 2.43. The molecule has 0 rings (SSSR count). The minimum atomic E-state index is -4.71. The molecule has 0 fully saturated rings. The topological polar surface area (TPSA) is 172 Å². The molecule has 0 spiro atoms. The molecule has 0 radical (unpaired) electrons. The molecule has 0 saturated carbocycles. The molecule has 0 bridgehead atoms. The number of hydrogen-bond acceptors (Lipinski definition) is 9. The lowest BCUT2D eigenvalue weighted by Gasteiger charge is -2.20. The predicted octanol–water partition coefficient (Wildman–Crippen LogP) is 14.2. The second-order valence-corrected chi connectivity index (χ2v) is 19.1.